The summed E-state index contributed by atoms with van der Waals surface area (Å²) in [5.74, 6) is 0.414. The van der Waals surface area contributed by atoms with Crippen LogP contribution in [-0.2, 0) is 15.6 Å². The molecule has 0 unspecified atom stereocenters. The number of imidazole rings is 1. The molecule has 1 fully saturated rings. The Morgan fingerprint density at radius 3 is 2.38 bits per heavy atom. The average Bonchev–Trinajstić information content (AvgIpc) is 3.45. The number of nitrogens with zero attached hydrogens (tertiary/aromatic N) is 1. The maximum atomic E-state index is 13.4. The van der Waals surface area contributed by atoms with Gasteiger partial charge in [0.05, 0.1) is 29.2 Å². The van der Waals surface area contributed by atoms with Crippen molar-refractivity contribution in [1.82, 2.24) is 10.3 Å². The fourth-order valence-corrected chi connectivity index (χ4v) is 4.66. The quantitative estimate of drug-likeness (QED) is 0.396. The van der Waals surface area contributed by atoms with E-state index in [0.29, 0.717) is 28.3 Å². The number of hydrogen-bond acceptors (Lipinski definition) is 3. The third-order valence-electron chi connectivity index (χ3n) is 5.73. The zero-order valence-electron chi connectivity index (χ0n) is 17.5. The van der Waals surface area contributed by atoms with Crippen molar-refractivity contribution in [3.63, 3.8) is 0 Å². The van der Waals surface area contributed by atoms with Crippen molar-refractivity contribution in [2.75, 3.05) is 11.0 Å². The first-order valence-corrected chi connectivity index (χ1v) is 12.2. The summed E-state index contributed by atoms with van der Waals surface area (Å²) in [5.41, 5.74) is 2.96. The number of nitrogens with one attached hydrogen (secondary N) is 3. The molecular weight excluding hydrogens is 424 g/mol. The van der Waals surface area contributed by atoms with Crippen molar-refractivity contribution in [3.05, 3.63) is 90.3 Å². The van der Waals surface area contributed by atoms with E-state index in [1.807, 2.05) is 71.3 Å². The van der Waals surface area contributed by atoms with Crippen LogP contribution in [0.25, 0.3) is 16.9 Å². The van der Waals surface area contributed by atoms with E-state index in [4.69, 9.17) is 0 Å². The molecule has 0 radical (unpaired) electrons. The number of aromatic nitrogens is 2. The topological polar surface area (TPSA) is 95.2 Å². The number of rotatable bonds is 6. The zero-order chi connectivity index (χ0) is 22.3. The van der Waals surface area contributed by atoms with Gasteiger partial charge in [0.15, 0.2) is 5.52 Å². The molecule has 0 spiro atoms. The van der Waals surface area contributed by atoms with Gasteiger partial charge in [-0.1, -0.05) is 48.5 Å². The second-order valence-corrected chi connectivity index (χ2v) is 9.88. The summed E-state index contributed by atoms with van der Waals surface area (Å²) >= 11 is 0. The molecule has 32 heavy (non-hydrogen) atoms. The van der Waals surface area contributed by atoms with Gasteiger partial charge in [-0.3, -0.25) is 9.52 Å². The summed E-state index contributed by atoms with van der Waals surface area (Å²) in [5, 5.41) is 3.21. The molecule has 0 saturated heterocycles. The van der Waals surface area contributed by atoms with Crippen LogP contribution in [0.1, 0.15) is 28.9 Å². The van der Waals surface area contributed by atoms with Gasteiger partial charge in [0.2, 0.25) is 15.7 Å². The Hall–Kier alpha value is -3.65. The molecule has 2 heterocycles. The fourth-order valence-electron chi connectivity index (χ4n) is 4.08. The minimum absolute atomic E-state index is 0.199. The molecule has 1 saturated carbocycles. The number of hydrogen-bond donors (Lipinski definition) is 3. The highest BCUT2D eigenvalue weighted by Gasteiger charge is 2.46. The molecule has 1 aliphatic carbocycles. The molecule has 5 rings (SSSR count). The van der Waals surface area contributed by atoms with Gasteiger partial charge in [-0.15, -0.1) is 0 Å². The Bertz CT molecular complexity index is 1420. The van der Waals surface area contributed by atoms with Gasteiger partial charge in [0, 0.05) is 0 Å². The lowest BCUT2D eigenvalue weighted by molar-refractivity contribution is -0.498. The molecule has 1 aliphatic rings. The van der Waals surface area contributed by atoms with Crippen molar-refractivity contribution >= 4 is 27.1 Å². The molecule has 4 aromatic rings. The molecule has 0 aliphatic heterocycles. The SMILES string of the molecule is CS(=O)(=O)Nc1ccccc1-c1[nH]c(C(=O)NC2(c3ccccc3)CC2)c2cccc[n+]12. The monoisotopic (exact) mass is 447 g/mol. The average molecular weight is 448 g/mol. The second-order valence-electron chi connectivity index (χ2n) is 8.13. The van der Waals surface area contributed by atoms with Crippen LogP contribution in [0.15, 0.2) is 79.0 Å². The van der Waals surface area contributed by atoms with Crippen molar-refractivity contribution in [2.24, 2.45) is 0 Å². The van der Waals surface area contributed by atoms with Crippen LogP contribution in [0.4, 0.5) is 5.69 Å². The van der Waals surface area contributed by atoms with E-state index in [1.54, 1.807) is 12.1 Å². The number of pyridine rings is 1. The van der Waals surface area contributed by atoms with Crippen LogP contribution in [0.3, 0.4) is 0 Å². The van der Waals surface area contributed by atoms with E-state index in [-0.39, 0.29) is 11.4 Å². The Morgan fingerprint density at radius 1 is 0.969 bits per heavy atom. The maximum Gasteiger partial charge on any atom is 0.296 e. The highest BCUT2D eigenvalue weighted by Crippen LogP contribution is 2.45. The van der Waals surface area contributed by atoms with Crippen LogP contribution < -0.4 is 14.4 Å². The largest absolute Gasteiger partial charge is 0.339 e. The molecule has 0 atom stereocenters. The smallest absolute Gasteiger partial charge is 0.296 e. The molecule has 8 heteroatoms. The van der Waals surface area contributed by atoms with E-state index in [1.165, 1.54) is 0 Å². The number of sulfonamides is 1. The molecule has 2 aromatic heterocycles. The van der Waals surface area contributed by atoms with E-state index in [2.05, 4.69) is 15.0 Å². The number of benzene rings is 2. The van der Waals surface area contributed by atoms with Crippen LogP contribution >= 0.6 is 0 Å². The van der Waals surface area contributed by atoms with Crippen LogP contribution in [0.5, 0.6) is 0 Å². The predicted molar refractivity (Wildman–Crippen MR) is 123 cm³/mol. The molecular formula is C24H23N4O3S+. The molecule has 0 bridgehead atoms. The van der Waals surface area contributed by atoms with Crippen molar-refractivity contribution in [1.29, 1.82) is 0 Å². The number of carbonyl (C=O) groups excluding carboxylic acids is 1. The Labute approximate surface area is 186 Å². The minimum Gasteiger partial charge on any atom is -0.339 e. The first-order valence-electron chi connectivity index (χ1n) is 10.3. The van der Waals surface area contributed by atoms with Crippen molar-refractivity contribution in [2.45, 2.75) is 18.4 Å². The zero-order valence-corrected chi connectivity index (χ0v) is 18.3. The van der Waals surface area contributed by atoms with Crippen molar-refractivity contribution < 1.29 is 17.6 Å². The van der Waals surface area contributed by atoms with Crippen LogP contribution in [-0.4, -0.2) is 25.6 Å². The maximum absolute atomic E-state index is 13.4. The van der Waals surface area contributed by atoms with E-state index < -0.39 is 10.0 Å². The predicted octanol–water partition coefficient (Wildman–Crippen LogP) is 3.21. The van der Waals surface area contributed by atoms with E-state index >= 15 is 0 Å². The standard InChI is InChI=1S/C24H22N4O3S/c1-32(30,31)27-19-12-6-5-11-18(19)22-25-21(20-13-7-8-16-28(20)22)23(29)26-24(14-15-24)17-9-3-2-4-10-17/h2-13,16H,14-15H2,1H3,(H2,25,26,27,29)/p+1. The summed E-state index contributed by atoms with van der Waals surface area (Å²) < 4.78 is 28.2. The minimum atomic E-state index is -3.47. The Morgan fingerprint density at radius 2 is 1.66 bits per heavy atom. The summed E-state index contributed by atoms with van der Waals surface area (Å²) in [6, 6.07) is 22.7. The number of H-pyrrole nitrogens is 1. The highest BCUT2D eigenvalue weighted by atomic mass is 32.2. The van der Waals surface area contributed by atoms with Gasteiger partial charge in [0.1, 0.15) is 0 Å². The van der Waals surface area contributed by atoms with Gasteiger partial charge >= 0.3 is 0 Å². The highest BCUT2D eigenvalue weighted by molar-refractivity contribution is 7.92. The molecule has 2 aromatic carbocycles. The van der Waals surface area contributed by atoms with Gasteiger partial charge in [0.25, 0.3) is 11.7 Å². The first-order chi connectivity index (χ1) is 15.4. The number of aromatic amines is 1. The Kier molecular flexibility index (Phi) is 4.74. The molecule has 162 valence electrons. The number of para-hydroxylation sites is 1. The third-order valence-corrected chi connectivity index (χ3v) is 6.32. The molecule has 3 N–H and O–H groups in total. The number of carbonyl (C=O) groups is 1. The van der Waals surface area contributed by atoms with Gasteiger partial charge < -0.3 is 5.32 Å². The van der Waals surface area contributed by atoms with E-state index in [0.717, 1.165) is 24.7 Å². The van der Waals surface area contributed by atoms with Crippen molar-refractivity contribution in [3.8, 4) is 11.4 Å². The fraction of sp³-hybridized carbons (Fsp3) is 0.167. The lowest BCUT2D eigenvalue weighted by Gasteiger charge is -2.16. The number of fused-ring (bicyclic) bond motifs is 1. The number of amides is 1. The lowest BCUT2D eigenvalue weighted by atomic mass is 10.0. The Balaban J connectivity index is 1.57. The second kappa shape index (κ2) is 7.49. The van der Waals surface area contributed by atoms with Crippen LogP contribution in [0, 0.1) is 0 Å². The summed E-state index contributed by atoms with van der Waals surface area (Å²) in [6.07, 6.45) is 4.74. The number of anilines is 1. The summed E-state index contributed by atoms with van der Waals surface area (Å²) in [4.78, 5) is 16.6. The van der Waals surface area contributed by atoms with Gasteiger partial charge in [-0.25, -0.2) is 13.4 Å². The van der Waals surface area contributed by atoms with E-state index in [9.17, 15) is 13.2 Å². The van der Waals surface area contributed by atoms with Crippen LogP contribution in [0.2, 0.25) is 0 Å². The molecule has 7 nitrogen and oxygen atoms in total. The lowest BCUT2D eigenvalue weighted by Crippen LogP contribution is -2.35. The van der Waals surface area contributed by atoms with Gasteiger partial charge in [-0.05, 0) is 42.7 Å². The third kappa shape index (κ3) is 3.73. The normalized spacial score (nSPS) is 14.8. The molecule has 1 amide bonds. The summed E-state index contributed by atoms with van der Waals surface area (Å²) in [7, 11) is -3.47. The van der Waals surface area contributed by atoms with Gasteiger partial charge in [-0.2, -0.15) is 4.40 Å². The first kappa shape index (κ1) is 20.3. The summed E-state index contributed by atoms with van der Waals surface area (Å²) in [6.45, 7) is 0.